The van der Waals surface area contributed by atoms with Crippen LogP contribution >= 0.6 is 0 Å². The standard InChI is InChI=1S/C31H28F2O4/c1-20-14-23(19-36-27-11-8-26(32)9-12-27)15-21(2)31(20)25-5-3-4-22(16-25)18-37-28-10-6-24(29(33)17-28)7-13-30(34)35/h3-6,8-12,14-17H,7,13,18-19H2,1-2H3,(H,34,35). The van der Waals surface area contributed by atoms with E-state index >= 15 is 0 Å². The largest absolute Gasteiger partial charge is 0.489 e. The van der Waals surface area contributed by atoms with E-state index in [2.05, 4.69) is 32.0 Å². The number of hydrogen-bond donors (Lipinski definition) is 1. The van der Waals surface area contributed by atoms with Crippen molar-refractivity contribution in [3.8, 4) is 22.6 Å². The number of carboxylic acids is 1. The van der Waals surface area contributed by atoms with Gasteiger partial charge in [0.05, 0.1) is 0 Å². The Bertz CT molecular complexity index is 1370. The average Bonchev–Trinajstić information content (AvgIpc) is 2.86. The monoisotopic (exact) mass is 502 g/mol. The highest BCUT2D eigenvalue weighted by Crippen LogP contribution is 2.30. The summed E-state index contributed by atoms with van der Waals surface area (Å²) >= 11 is 0. The van der Waals surface area contributed by atoms with Gasteiger partial charge in [0.2, 0.25) is 0 Å². The molecule has 0 aromatic heterocycles. The van der Waals surface area contributed by atoms with Crippen molar-refractivity contribution in [1.82, 2.24) is 0 Å². The molecule has 190 valence electrons. The molecule has 1 N–H and O–H groups in total. The van der Waals surface area contributed by atoms with E-state index in [1.54, 1.807) is 24.3 Å². The van der Waals surface area contributed by atoms with Gasteiger partial charge in [0, 0.05) is 12.5 Å². The fraction of sp³-hybridized carbons (Fsp3) is 0.194. The third-order valence-electron chi connectivity index (χ3n) is 6.07. The Morgan fingerprint density at radius 3 is 2.11 bits per heavy atom. The van der Waals surface area contributed by atoms with Gasteiger partial charge in [-0.1, -0.05) is 36.4 Å². The Morgan fingerprint density at radius 1 is 0.784 bits per heavy atom. The molecule has 0 aliphatic carbocycles. The highest BCUT2D eigenvalue weighted by Gasteiger charge is 2.11. The van der Waals surface area contributed by atoms with E-state index in [4.69, 9.17) is 14.6 Å². The van der Waals surface area contributed by atoms with Gasteiger partial charge in [-0.2, -0.15) is 0 Å². The number of rotatable bonds is 10. The average molecular weight is 503 g/mol. The summed E-state index contributed by atoms with van der Waals surface area (Å²) in [6, 6.07) is 22.7. The van der Waals surface area contributed by atoms with Gasteiger partial charge in [-0.25, -0.2) is 8.78 Å². The first kappa shape index (κ1) is 25.9. The summed E-state index contributed by atoms with van der Waals surface area (Å²) in [5, 5.41) is 8.79. The molecule has 0 saturated carbocycles. The molecular formula is C31H28F2O4. The molecule has 0 spiro atoms. The van der Waals surface area contributed by atoms with Crippen molar-refractivity contribution in [3.63, 3.8) is 0 Å². The second-order valence-electron chi connectivity index (χ2n) is 8.98. The molecule has 4 nitrogen and oxygen atoms in total. The predicted molar refractivity (Wildman–Crippen MR) is 139 cm³/mol. The summed E-state index contributed by atoms with van der Waals surface area (Å²) < 4.78 is 39.0. The lowest BCUT2D eigenvalue weighted by Gasteiger charge is -2.15. The Balaban J connectivity index is 1.43. The third-order valence-corrected chi connectivity index (χ3v) is 6.07. The lowest BCUT2D eigenvalue weighted by atomic mass is 9.93. The number of carboxylic acid groups (broad SMARTS) is 1. The molecule has 0 fully saturated rings. The molecule has 0 radical (unpaired) electrons. The van der Waals surface area contributed by atoms with Crippen molar-refractivity contribution in [1.29, 1.82) is 0 Å². The zero-order valence-corrected chi connectivity index (χ0v) is 20.8. The maximum absolute atomic E-state index is 14.3. The van der Waals surface area contributed by atoms with E-state index in [0.717, 1.165) is 33.4 Å². The second kappa shape index (κ2) is 11.7. The van der Waals surface area contributed by atoms with E-state index in [-0.39, 0.29) is 25.3 Å². The first-order chi connectivity index (χ1) is 17.8. The molecule has 6 heteroatoms. The van der Waals surface area contributed by atoms with Crippen molar-refractivity contribution in [3.05, 3.63) is 118 Å². The van der Waals surface area contributed by atoms with Crippen LogP contribution in [0.25, 0.3) is 11.1 Å². The van der Waals surface area contributed by atoms with Crippen molar-refractivity contribution in [2.75, 3.05) is 0 Å². The van der Waals surface area contributed by atoms with Crippen LogP contribution in [0.2, 0.25) is 0 Å². The number of ether oxygens (including phenoxy) is 2. The normalized spacial score (nSPS) is 10.8. The van der Waals surface area contributed by atoms with E-state index in [9.17, 15) is 13.6 Å². The van der Waals surface area contributed by atoms with Crippen LogP contribution < -0.4 is 9.47 Å². The molecule has 0 saturated heterocycles. The van der Waals surface area contributed by atoms with Crippen LogP contribution in [-0.2, 0) is 24.4 Å². The maximum Gasteiger partial charge on any atom is 0.303 e. The van der Waals surface area contributed by atoms with Gasteiger partial charge in [-0.3, -0.25) is 4.79 Å². The molecule has 4 aromatic rings. The fourth-order valence-corrected chi connectivity index (χ4v) is 4.33. The molecule has 0 unspecified atom stereocenters. The minimum Gasteiger partial charge on any atom is -0.489 e. The van der Waals surface area contributed by atoms with Crippen molar-refractivity contribution in [2.45, 2.75) is 39.9 Å². The van der Waals surface area contributed by atoms with Gasteiger partial charge in [0.1, 0.15) is 36.3 Å². The molecule has 0 bridgehead atoms. The second-order valence-corrected chi connectivity index (χ2v) is 8.98. The maximum atomic E-state index is 14.3. The first-order valence-electron chi connectivity index (χ1n) is 12.0. The Hall–Kier alpha value is -4.19. The predicted octanol–water partition coefficient (Wildman–Crippen LogP) is 7.42. The Kier molecular flexibility index (Phi) is 8.18. The number of halogens is 2. The summed E-state index contributed by atoms with van der Waals surface area (Å²) in [5.41, 5.74) is 6.71. The minimum absolute atomic E-state index is 0.120. The topological polar surface area (TPSA) is 55.8 Å². The molecule has 0 heterocycles. The van der Waals surface area contributed by atoms with E-state index in [0.29, 0.717) is 23.7 Å². The summed E-state index contributed by atoms with van der Waals surface area (Å²) in [7, 11) is 0. The van der Waals surface area contributed by atoms with Crippen LogP contribution in [0.1, 0.15) is 34.2 Å². The summed E-state index contributed by atoms with van der Waals surface area (Å²) in [4.78, 5) is 10.7. The van der Waals surface area contributed by atoms with Crippen LogP contribution in [0.4, 0.5) is 8.78 Å². The highest BCUT2D eigenvalue weighted by atomic mass is 19.1. The van der Waals surface area contributed by atoms with E-state index in [1.807, 2.05) is 18.2 Å². The Labute approximate surface area is 215 Å². The van der Waals surface area contributed by atoms with Gasteiger partial charge in [-0.15, -0.1) is 0 Å². The lowest BCUT2D eigenvalue weighted by molar-refractivity contribution is -0.136. The summed E-state index contributed by atoms with van der Waals surface area (Å²) in [5.74, 6) is -0.725. The molecule has 0 aliphatic rings. The molecule has 0 amide bonds. The summed E-state index contributed by atoms with van der Waals surface area (Å²) in [6.07, 6.45) is 0.0182. The highest BCUT2D eigenvalue weighted by molar-refractivity contribution is 5.72. The minimum atomic E-state index is -0.960. The third kappa shape index (κ3) is 6.94. The molecule has 4 rings (SSSR count). The molecule has 37 heavy (non-hydrogen) atoms. The number of hydrogen-bond acceptors (Lipinski definition) is 3. The SMILES string of the molecule is Cc1cc(COc2ccc(F)cc2)cc(C)c1-c1cccc(COc2ccc(CCC(=O)O)c(F)c2)c1. The molecular weight excluding hydrogens is 474 g/mol. The summed E-state index contributed by atoms with van der Waals surface area (Å²) in [6.45, 7) is 4.76. The zero-order valence-electron chi connectivity index (χ0n) is 20.8. The van der Waals surface area contributed by atoms with Gasteiger partial charge >= 0.3 is 5.97 Å². The van der Waals surface area contributed by atoms with Gasteiger partial charge in [0.15, 0.2) is 0 Å². The quantitative estimate of drug-likeness (QED) is 0.245. The number of benzene rings is 4. The number of aliphatic carboxylic acids is 1. The number of aryl methyl sites for hydroxylation is 3. The van der Waals surface area contributed by atoms with E-state index < -0.39 is 11.8 Å². The molecule has 0 aliphatic heterocycles. The van der Waals surface area contributed by atoms with Crippen LogP contribution in [0, 0.1) is 25.5 Å². The van der Waals surface area contributed by atoms with Crippen LogP contribution in [0.15, 0.2) is 78.9 Å². The number of carbonyl (C=O) groups is 1. The fourth-order valence-electron chi connectivity index (χ4n) is 4.33. The first-order valence-corrected chi connectivity index (χ1v) is 12.0. The van der Waals surface area contributed by atoms with Crippen molar-refractivity contribution < 1.29 is 28.2 Å². The Morgan fingerprint density at radius 2 is 1.43 bits per heavy atom. The van der Waals surface area contributed by atoms with E-state index in [1.165, 1.54) is 18.2 Å². The van der Waals surface area contributed by atoms with Crippen molar-refractivity contribution >= 4 is 5.97 Å². The smallest absolute Gasteiger partial charge is 0.303 e. The van der Waals surface area contributed by atoms with Gasteiger partial charge < -0.3 is 14.6 Å². The van der Waals surface area contributed by atoms with Crippen LogP contribution in [0.3, 0.4) is 0 Å². The van der Waals surface area contributed by atoms with Gasteiger partial charge in [0.25, 0.3) is 0 Å². The van der Waals surface area contributed by atoms with Gasteiger partial charge in [-0.05, 0) is 95.6 Å². The lowest BCUT2D eigenvalue weighted by Crippen LogP contribution is -2.01. The van der Waals surface area contributed by atoms with Crippen LogP contribution in [-0.4, -0.2) is 11.1 Å². The zero-order chi connectivity index (χ0) is 26.4. The van der Waals surface area contributed by atoms with Crippen LogP contribution in [0.5, 0.6) is 11.5 Å². The molecule has 4 aromatic carbocycles. The van der Waals surface area contributed by atoms with Crippen molar-refractivity contribution in [2.24, 2.45) is 0 Å². The molecule has 0 atom stereocenters.